The molecule has 0 spiro atoms. The van der Waals surface area contributed by atoms with Crippen LogP contribution in [0.15, 0.2) is 199 Å². The molecule has 284 valence electrons. The number of hydrogen-bond donors (Lipinski definition) is 0. The Morgan fingerprint density at radius 3 is 1.49 bits per heavy atom. The van der Waals surface area contributed by atoms with Crippen LogP contribution >= 0.6 is 0 Å². The van der Waals surface area contributed by atoms with E-state index in [1.165, 1.54) is 0 Å². The first-order chi connectivity index (χ1) is 30.3. The van der Waals surface area contributed by atoms with Gasteiger partial charge in [-0.05, 0) is 57.9 Å². The molecule has 4 heterocycles. The molecular weight excluding hydrogens is 749 g/mol. The van der Waals surface area contributed by atoms with Gasteiger partial charge in [0.15, 0.2) is 17.2 Å². The van der Waals surface area contributed by atoms with E-state index in [1.807, 2.05) is 30.3 Å². The smallest absolute Gasteiger partial charge is 0.238 e. The molecule has 0 bridgehead atoms. The van der Waals surface area contributed by atoms with E-state index in [0.29, 0.717) is 23.5 Å². The van der Waals surface area contributed by atoms with Crippen LogP contribution in [0.4, 0.5) is 0 Å². The second-order valence-corrected chi connectivity index (χ2v) is 15.4. The Balaban J connectivity index is 1.18. The minimum absolute atomic E-state index is 0.531. The zero-order chi connectivity index (χ0) is 40.0. The summed E-state index contributed by atoms with van der Waals surface area (Å²) in [6.07, 6.45) is 0. The van der Waals surface area contributed by atoms with Crippen LogP contribution in [0.1, 0.15) is 0 Å². The Morgan fingerprint density at radius 2 is 0.836 bits per heavy atom. The molecule has 0 aliphatic rings. The van der Waals surface area contributed by atoms with Gasteiger partial charge in [0.1, 0.15) is 5.52 Å². The number of benzene rings is 9. The van der Waals surface area contributed by atoms with E-state index in [-0.39, 0.29) is 0 Å². The summed E-state index contributed by atoms with van der Waals surface area (Å²) in [5.41, 5.74) is 9.35. The highest BCUT2D eigenvalue weighted by atomic mass is 16.3. The van der Waals surface area contributed by atoms with Crippen LogP contribution in [-0.2, 0) is 0 Å². The third kappa shape index (κ3) is 5.04. The van der Waals surface area contributed by atoms with Gasteiger partial charge < -0.3 is 8.98 Å². The maximum Gasteiger partial charge on any atom is 0.238 e. The molecule has 61 heavy (non-hydrogen) atoms. The molecule has 0 fully saturated rings. The summed E-state index contributed by atoms with van der Waals surface area (Å²) in [5.74, 6) is 2.30. The first-order valence-electron chi connectivity index (χ1n) is 20.4. The van der Waals surface area contributed by atoms with Crippen LogP contribution in [0.2, 0.25) is 0 Å². The van der Waals surface area contributed by atoms with Crippen molar-refractivity contribution < 1.29 is 4.42 Å². The highest BCUT2D eigenvalue weighted by Crippen LogP contribution is 2.43. The first kappa shape index (κ1) is 33.5. The maximum atomic E-state index is 6.46. The number of aromatic nitrogens is 6. The van der Waals surface area contributed by atoms with Crippen LogP contribution in [-0.4, -0.2) is 29.1 Å². The zero-order valence-corrected chi connectivity index (χ0v) is 32.6. The topological polar surface area (TPSA) is 74.6 Å². The minimum Gasteiger partial charge on any atom is -0.436 e. The average molecular weight is 781 g/mol. The lowest BCUT2D eigenvalue weighted by molar-refractivity contribution is 0.619. The van der Waals surface area contributed by atoms with E-state index in [4.69, 9.17) is 24.4 Å². The Labute approximate surface area is 348 Å². The lowest BCUT2D eigenvalue weighted by Crippen LogP contribution is -2.07. The third-order valence-corrected chi connectivity index (χ3v) is 12.0. The molecule has 7 heteroatoms. The van der Waals surface area contributed by atoms with Gasteiger partial charge in [-0.1, -0.05) is 158 Å². The fraction of sp³-hybridized carbons (Fsp3) is 0. The fourth-order valence-corrected chi connectivity index (χ4v) is 9.34. The summed E-state index contributed by atoms with van der Waals surface area (Å²) in [6, 6.07) is 67.4. The highest BCUT2D eigenvalue weighted by molar-refractivity contribution is 6.24. The van der Waals surface area contributed by atoms with E-state index in [1.54, 1.807) is 0 Å². The van der Waals surface area contributed by atoms with Gasteiger partial charge >= 0.3 is 0 Å². The van der Waals surface area contributed by atoms with Crippen molar-refractivity contribution in [3.8, 4) is 45.9 Å². The Morgan fingerprint density at radius 1 is 0.344 bits per heavy atom. The van der Waals surface area contributed by atoms with Crippen molar-refractivity contribution in [2.45, 2.75) is 0 Å². The van der Waals surface area contributed by atoms with Gasteiger partial charge in [-0.2, -0.15) is 9.97 Å². The van der Waals surface area contributed by atoms with Gasteiger partial charge in [0.2, 0.25) is 11.8 Å². The molecule has 4 aromatic heterocycles. The minimum atomic E-state index is 0.531. The Bertz CT molecular complexity index is 3770. The summed E-state index contributed by atoms with van der Waals surface area (Å²) in [6.45, 7) is 0. The van der Waals surface area contributed by atoms with E-state index in [9.17, 15) is 0 Å². The van der Waals surface area contributed by atoms with E-state index in [0.717, 1.165) is 98.6 Å². The van der Waals surface area contributed by atoms with Gasteiger partial charge in [0.05, 0.1) is 33.3 Å². The van der Waals surface area contributed by atoms with Crippen LogP contribution in [0.3, 0.4) is 0 Å². The van der Waals surface area contributed by atoms with E-state index < -0.39 is 0 Å². The number of oxazole rings is 1. The summed E-state index contributed by atoms with van der Waals surface area (Å²) in [7, 11) is 0. The van der Waals surface area contributed by atoms with Gasteiger partial charge in [0.25, 0.3) is 0 Å². The van der Waals surface area contributed by atoms with Gasteiger partial charge in [-0.25, -0.2) is 9.97 Å². The third-order valence-electron chi connectivity index (χ3n) is 12.0. The molecule has 0 saturated heterocycles. The van der Waals surface area contributed by atoms with Crippen LogP contribution in [0.5, 0.6) is 0 Å². The van der Waals surface area contributed by atoms with Crippen molar-refractivity contribution in [3.63, 3.8) is 0 Å². The first-order valence-corrected chi connectivity index (χ1v) is 20.4. The number of para-hydroxylation sites is 5. The second-order valence-electron chi connectivity index (χ2n) is 15.4. The Hall–Kier alpha value is -8.42. The van der Waals surface area contributed by atoms with Gasteiger partial charge in [-0.3, -0.25) is 4.57 Å². The van der Waals surface area contributed by atoms with E-state index in [2.05, 4.69) is 173 Å². The van der Waals surface area contributed by atoms with Crippen molar-refractivity contribution >= 4 is 76.3 Å². The molecular formula is C54H32N6O. The predicted octanol–water partition coefficient (Wildman–Crippen LogP) is 13.5. The second kappa shape index (κ2) is 13.0. The normalized spacial score (nSPS) is 11.9. The monoisotopic (exact) mass is 780 g/mol. The molecule has 0 unspecified atom stereocenters. The van der Waals surface area contributed by atoms with Crippen molar-refractivity contribution in [3.05, 3.63) is 194 Å². The Kier molecular flexibility index (Phi) is 7.17. The van der Waals surface area contributed by atoms with Crippen molar-refractivity contribution in [1.82, 2.24) is 29.1 Å². The maximum absolute atomic E-state index is 6.46. The number of rotatable bonds is 5. The molecule has 0 N–H and O–H groups in total. The number of nitrogens with zero attached hydrogens (tertiary/aromatic N) is 6. The van der Waals surface area contributed by atoms with Crippen LogP contribution in [0.25, 0.3) is 122 Å². The molecule has 0 amide bonds. The lowest BCUT2D eigenvalue weighted by Gasteiger charge is -2.15. The fourth-order valence-electron chi connectivity index (χ4n) is 9.34. The highest BCUT2D eigenvalue weighted by Gasteiger charge is 2.25. The number of hydrogen-bond acceptors (Lipinski definition) is 5. The zero-order valence-electron chi connectivity index (χ0n) is 32.6. The molecule has 13 rings (SSSR count). The summed E-state index contributed by atoms with van der Waals surface area (Å²) in [4.78, 5) is 21.2. The van der Waals surface area contributed by atoms with Crippen molar-refractivity contribution in [2.24, 2.45) is 0 Å². The summed E-state index contributed by atoms with van der Waals surface area (Å²) < 4.78 is 11.1. The molecule has 13 aromatic rings. The molecule has 0 aliphatic heterocycles. The van der Waals surface area contributed by atoms with Crippen molar-refractivity contribution in [1.29, 1.82) is 0 Å². The molecule has 7 nitrogen and oxygen atoms in total. The van der Waals surface area contributed by atoms with Gasteiger partial charge in [-0.15, -0.1) is 0 Å². The number of fused-ring (bicyclic) bond motifs is 10. The van der Waals surface area contributed by atoms with Crippen LogP contribution < -0.4 is 0 Å². The molecule has 0 radical (unpaired) electrons. The van der Waals surface area contributed by atoms with Crippen molar-refractivity contribution in [2.75, 3.05) is 0 Å². The molecule has 0 atom stereocenters. The predicted molar refractivity (Wildman–Crippen MR) is 247 cm³/mol. The summed E-state index contributed by atoms with van der Waals surface area (Å²) in [5, 5.41) is 8.82. The van der Waals surface area contributed by atoms with E-state index >= 15 is 0 Å². The standard InChI is InChI=1S/C54H32N6O/c1-3-19-35-33(15-1)17-13-24-41(35)51-56-52(42-25-14-18-34-16-2-4-20-36(34)42)58-54(57-51)60-46-28-10-6-22-38(46)40-32-31-39-37-21-5-9-27-45(37)59(49(39)50(40)60)47-29-11-7-23-43(47)53-55-44-26-8-12-30-48(44)61-53/h1-32H. The quantitative estimate of drug-likeness (QED) is 0.174. The molecule has 0 saturated carbocycles. The average Bonchev–Trinajstić information content (AvgIpc) is 4.01. The summed E-state index contributed by atoms with van der Waals surface area (Å²) >= 11 is 0. The lowest BCUT2D eigenvalue weighted by atomic mass is 10.0. The largest absolute Gasteiger partial charge is 0.436 e. The van der Waals surface area contributed by atoms with Crippen LogP contribution in [0, 0.1) is 0 Å². The molecule has 0 aliphatic carbocycles. The molecule has 9 aromatic carbocycles. The SMILES string of the molecule is c1ccc(-n2c3ccccc3c3ccc4c5ccccc5n(-c5nc(-c6cccc7ccccc67)nc(-c6cccc7ccccc67)n5)c4c32)c(-c2nc3ccccc3o2)c1. The van der Waals surface area contributed by atoms with Gasteiger partial charge in [0, 0.05) is 32.7 Å².